The first-order valence-electron chi connectivity index (χ1n) is 7.39. The van der Waals surface area contributed by atoms with Crippen molar-refractivity contribution in [2.24, 2.45) is 5.73 Å². The molecule has 1 aliphatic carbocycles. The Morgan fingerprint density at radius 1 is 1.18 bits per heavy atom. The zero-order chi connectivity index (χ0) is 12.0. The number of hydrogen-bond donors (Lipinski definition) is 1. The van der Waals surface area contributed by atoms with Crippen LogP contribution in [0.5, 0.6) is 0 Å². The van der Waals surface area contributed by atoms with Crippen molar-refractivity contribution in [3.05, 3.63) is 0 Å². The van der Waals surface area contributed by atoms with E-state index in [0.717, 1.165) is 24.7 Å². The SMILES string of the molecule is CCN(C1CC1)C1(CN)CC2CCC(C1)N2C. The molecule has 2 aliphatic heterocycles. The monoisotopic (exact) mass is 237 g/mol. The zero-order valence-corrected chi connectivity index (χ0v) is 11.4. The molecule has 2 N–H and O–H groups in total. The van der Waals surface area contributed by atoms with Gasteiger partial charge in [0.1, 0.15) is 0 Å². The van der Waals surface area contributed by atoms with Gasteiger partial charge in [-0.15, -0.1) is 0 Å². The smallest absolute Gasteiger partial charge is 0.0364 e. The molecular formula is C14H27N3. The van der Waals surface area contributed by atoms with E-state index in [-0.39, 0.29) is 0 Å². The fourth-order valence-corrected chi connectivity index (χ4v) is 4.43. The van der Waals surface area contributed by atoms with Crippen LogP contribution in [0, 0.1) is 0 Å². The van der Waals surface area contributed by atoms with Crippen LogP contribution in [-0.4, -0.2) is 53.6 Å². The van der Waals surface area contributed by atoms with Crippen LogP contribution in [0.1, 0.15) is 45.4 Å². The Morgan fingerprint density at radius 2 is 1.76 bits per heavy atom. The van der Waals surface area contributed by atoms with E-state index in [9.17, 15) is 0 Å². The Balaban J connectivity index is 1.82. The fraction of sp³-hybridized carbons (Fsp3) is 1.00. The summed E-state index contributed by atoms with van der Waals surface area (Å²) in [6, 6.07) is 2.45. The predicted molar refractivity (Wildman–Crippen MR) is 71.0 cm³/mol. The molecule has 3 rings (SSSR count). The molecule has 2 saturated heterocycles. The molecule has 0 aromatic rings. The third-order valence-electron chi connectivity index (χ3n) is 5.53. The second-order valence-electron chi connectivity index (χ2n) is 6.40. The summed E-state index contributed by atoms with van der Waals surface area (Å²) < 4.78 is 0. The lowest BCUT2D eigenvalue weighted by Crippen LogP contribution is -2.62. The van der Waals surface area contributed by atoms with E-state index < -0.39 is 0 Å². The van der Waals surface area contributed by atoms with Gasteiger partial charge in [-0.1, -0.05) is 6.92 Å². The van der Waals surface area contributed by atoms with Crippen LogP contribution in [0.4, 0.5) is 0 Å². The molecule has 2 unspecified atom stereocenters. The predicted octanol–water partition coefficient (Wildman–Crippen LogP) is 1.42. The van der Waals surface area contributed by atoms with E-state index in [2.05, 4.69) is 23.8 Å². The van der Waals surface area contributed by atoms with E-state index in [1.54, 1.807) is 0 Å². The van der Waals surface area contributed by atoms with Gasteiger partial charge < -0.3 is 10.6 Å². The van der Waals surface area contributed by atoms with E-state index >= 15 is 0 Å². The van der Waals surface area contributed by atoms with Crippen molar-refractivity contribution in [3.63, 3.8) is 0 Å². The molecule has 0 aromatic carbocycles. The van der Waals surface area contributed by atoms with Gasteiger partial charge in [0, 0.05) is 30.2 Å². The quantitative estimate of drug-likeness (QED) is 0.803. The van der Waals surface area contributed by atoms with Gasteiger partial charge in [-0.2, -0.15) is 0 Å². The maximum atomic E-state index is 6.22. The van der Waals surface area contributed by atoms with E-state index in [1.807, 2.05) is 0 Å². The van der Waals surface area contributed by atoms with E-state index in [4.69, 9.17) is 5.73 Å². The largest absolute Gasteiger partial charge is 0.329 e. The summed E-state index contributed by atoms with van der Waals surface area (Å²) in [5, 5.41) is 0. The maximum Gasteiger partial charge on any atom is 0.0364 e. The molecule has 98 valence electrons. The average Bonchev–Trinajstić information content (AvgIpc) is 3.12. The Labute approximate surface area is 105 Å². The molecule has 0 spiro atoms. The van der Waals surface area contributed by atoms with Crippen LogP contribution in [0.3, 0.4) is 0 Å². The third-order valence-corrected chi connectivity index (χ3v) is 5.53. The van der Waals surface area contributed by atoms with Crippen molar-refractivity contribution in [1.29, 1.82) is 0 Å². The van der Waals surface area contributed by atoms with Gasteiger partial charge >= 0.3 is 0 Å². The Bertz CT molecular complexity index is 273. The molecule has 3 aliphatic rings. The molecular weight excluding hydrogens is 210 g/mol. The molecule has 3 nitrogen and oxygen atoms in total. The summed E-state index contributed by atoms with van der Waals surface area (Å²) in [6.45, 7) is 4.36. The van der Waals surface area contributed by atoms with Gasteiger partial charge in [0.2, 0.25) is 0 Å². The van der Waals surface area contributed by atoms with Crippen molar-refractivity contribution in [1.82, 2.24) is 9.80 Å². The van der Waals surface area contributed by atoms with Crippen LogP contribution in [0.2, 0.25) is 0 Å². The summed E-state index contributed by atoms with van der Waals surface area (Å²) in [5.74, 6) is 0. The normalized spacial score (nSPS) is 42.4. The van der Waals surface area contributed by atoms with Gasteiger partial charge in [0.25, 0.3) is 0 Å². The number of likely N-dealkylation sites (N-methyl/N-ethyl adjacent to an activating group) is 1. The van der Waals surface area contributed by atoms with Crippen LogP contribution >= 0.6 is 0 Å². The summed E-state index contributed by atoms with van der Waals surface area (Å²) >= 11 is 0. The number of hydrogen-bond acceptors (Lipinski definition) is 3. The number of nitrogens with two attached hydrogens (primary N) is 1. The number of fused-ring (bicyclic) bond motifs is 2. The standard InChI is InChI=1S/C14H27N3/c1-3-17(11-4-5-11)14(10-15)8-12-6-7-13(9-14)16(12)2/h11-13H,3-10,15H2,1-2H3. The van der Waals surface area contributed by atoms with Crippen LogP contribution in [0.15, 0.2) is 0 Å². The van der Waals surface area contributed by atoms with Crippen molar-refractivity contribution in [2.45, 2.75) is 69.1 Å². The highest BCUT2D eigenvalue weighted by atomic mass is 15.3. The minimum atomic E-state index is 0.328. The molecule has 2 bridgehead atoms. The van der Waals surface area contributed by atoms with Gasteiger partial charge in [0.15, 0.2) is 0 Å². The van der Waals surface area contributed by atoms with Gasteiger partial charge in [-0.3, -0.25) is 4.90 Å². The zero-order valence-electron chi connectivity index (χ0n) is 11.4. The number of piperidine rings is 1. The first-order chi connectivity index (χ1) is 8.20. The lowest BCUT2D eigenvalue weighted by Gasteiger charge is -2.51. The fourth-order valence-electron chi connectivity index (χ4n) is 4.43. The molecule has 2 heterocycles. The number of rotatable bonds is 4. The van der Waals surface area contributed by atoms with Crippen LogP contribution in [-0.2, 0) is 0 Å². The molecule has 0 amide bonds. The van der Waals surface area contributed by atoms with Crippen molar-refractivity contribution in [3.8, 4) is 0 Å². The molecule has 17 heavy (non-hydrogen) atoms. The minimum Gasteiger partial charge on any atom is -0.329 e. The summed E-state index contributed by atoms with van der Waals surface area (Å²) in [4.78, 5) is 5.37. The van der Waals surface area contributed by atoms with Crippen LogP contribution in [0.25, 0.3) is 0 Å². The summed E-state index contributed by atoms with van der Waals surface area (Å²) in [5.41, 5.74) is 6.55. The molecule has 0 radical (unpaired) electrons. The molecule has 1 saturated carbocycles. The lowest BCUT2D eigenvalue weighted by molar-refractivity contribution is -0.00134. The average molecular weight is 237 g/mol. The molecule has 0 aromatic heterocycles. The topological polar surface area (TPSA) is 32.5 Å². The second kappa shape index (κ2) is 4.22. The minimum absolute atomic E-state index is 0.328. The Kier molecular flexibility index (Phi) is 2.96. The maximum absolute atomic E-state index is 6.22. The van der Waals surface area contributed by atoms with Gasteiger partial charge in [-0.05, 0) is 52.1 Å². The highest BCUT2D eigenvalue weighted by Gasteiger charge is 2.51. The third kappa shape index (κ3) is 1.83. The first-order valence-corrected chi connectivity index (χ1v) is 7.39. The summed E-state index contributed by atoms with van der Waals surface area (Å²) in [6.07, 6.45) is 8.21. The van der Waals surface area contributed by atoms with Crippen molar-refractivity contribution < 1.29 is 0 Å². The summed E-state index contributed by atoms with van der Waals surface area (Å²) in [7, 11) is 2.32. The second-order valence-corrected chi connectivity index (χ2v) is 6.40. The van der Waals surface area contributed by atoms with E-state index in [1.165, 1.54) is 45.1 Å². The van der Waals surface area contributed by atoms with Crippen LogP contribution < -0.4 is 5.73 Å². The Hall–Kier alpha value is -0.120. The number of nitrogens with zero attached hydrogens (tertiary/aromatic N) is 2. The van der Waals surface area contributed by atoms with Crippen molar-refractivity contribution >= 4 is 0 Å². The van der Waals surface area contributed by atoms with Gasteiger partial charge in [-0.25, -0.2) is 0 Å². The Morgan fingerprint density at radius 3 is 2.18 bits per heavy atom. The van der Waals surface area contributed by atoms with E-state index in [0.29, 0.717) is 5.54 Å². The molecule has 2 atom stereocenters. The lowest BCUT2D eigenvalue weighted by atomic mass is 9.81. The van der Waals surface area contributed by atoms with Crippen molar-refractivity contribution in [2.75, 3.05) is 20.1 Å². The molecule has 3 heteroatoms. The molecule has 3 fully saturated rings. The highest BCUT2D eigenvalue weighted by Crippen LogP contribution is 2.45. The van der Waals surface area contributed by atoms with Gasteiger partial charge in [0.05, 0.1) is 0 Å². The highest BCUT2D eigenvalue weighted by molar-refractivity contribution is 5.09. The first kappa shape index (κ1) is 11.9.